The number of hydrogen-bond donors (Lipinski definition) is 1. The van der Waals surface area contributed by atoms with Gasteiger partial charge in [-0.2, -0.15) is 0 Å². The molecule has 3 amide bonds. The molecule has 5 atom stereocenters. The van der Waals surface area contributed by atoms with Crippen LogP contribution in [0, 0.1) is 17.8 Å². The standard InChI is InChI=1S/C11H16N2O3/c1-5-7-6(14)4-11(8(5)7)9(15)12(2)10(16)13(11)3/h5-8,14H,4H2,1-3H3/t5-,6?,7?,8?,11?/m0/s1. The van der Waals surface area contributed by atoms with Crippen LogP contribution in [-0.2, 0) is 4.79 Å². The van der Waals surface area contributed by atoms with Crippen molar-refractivity contribution in [2.24, 2.45) is 17.8 Å². The first-order chi connectivity index (χ1) is 7.43. The molecule has 16 heavy (non-hydrogen) atoms. The number of likely N-dealkylation sites (N-methyl/N-ethyl adjacent to an activating group) is 2. The molecule has 88 valence electrons. The first-order valence-electron chi connectivity index (χ1n) is 5.67. The fraction of sp³-hybridized carbons (Fsp3) is 0.818. The number of urea groups is 1. The molecule has 0 aromatic rings. The summed E-state index contributed by atoms with van der Waals surface area (Å²) in [6, 6.07) is -0.253. The van der Waals surface area contributed by atoms with Crippen molar-refractivity contribution in [1.29, 1.82) is 0 Å². The summed E-state index contributed by atoms with van der Waals surface area (Å²) in [4.78, 5) is 26.7. The van der Waals surface area contributed by atoms with Gasteiger partial charge in [-0.25, -0.2) is 4.79 Å². The van der Waals surface area contributed by atoms with E-state index in [0.717, 1.165) is 0 Å². The van der Waals surface area contributed by atoms with E-state index in [9.17, 15) is 14.7 Å². The molecule has 0 radical (unpaired) electrons. The predicted octanol–water partition coefficient (Wildman–Crippen LogP) is -0.104. The number of carbonyl (C=O) groups is 2. The molecule has 0 aromatic carbocycles. The summed E-state index contributed by atoms with van der Waals surface area (Å²) >= 11 is 0. The summed E-state index contributed by atoms with van der Waals surface area (Å²) in [7, 11) is 3.19. The van der Waals surface area contributed by atoms with Crippen LogP contribution in [0.25, 0.3) is 0 Å². The molecule has 0 bridgehead atoms. The summed E-state index contributed by atoms with van der Waals surface area (Å²) in [6.07, 6.45) is -0.0383. The lowest BCUT2D eigenvalue weighted by Crippen LogP contribution is -2.49. The van der Waals surface area contributed by atoms with E-state index in [0.29, 0.717) is 12.3 Å². The van der Waals surface area contributed by atoms with Gasteiger partial charge in [-0.15, -0.1) is 0 Å². The maximum absolute atomic E-state index is 12.2. The van der Waals surface area contributed by atoms with Gasteiger partial charge in [0.15, 0.2) is 0 Å². The van der Waals surface area contributed by atoms with Gasteiger partial charge in [0, 0.05) is 20.5 Å². The van der Waals surface area contributed by atoms with Crippen molar-refractivity contribution >= 4 is 11.9 Å². The van der Waals surface area contributed by atoms with Crippen molar-refractivity contribution in [3.63, 3.8) is 0 Å². The summed E-state index contributed by atoms with van der Waals surface area (Å²) in [5, 5.41) is 9.93. The van der Waals surface area contributed by atoms with Crippen LogP contribution in [0.2, 0.25) is 0 Å². The minimum absolute atomic E-state index is 0.143. The third kappa shape index (κ3) is 0.796. The van der Waals surface area contributed by atoms with Gasteiger partial charge in [0.2, 0.25) is 0 Å². The Hall–Kier alpha value is -1.10. The molecule has 5 heteroatoms. The van der Waals surface area contributed by atoms with Crippen molar-refractivity contribution in [3.8, 4) is 0 Å². The van der Waals surface area contributed by atoms with Gasteiger partial charge in [-0.05, 0) is 17.8 Å². The van der Waals surface area contributed by atoms with Crippen molar-refractivity contribution in [1.82, 2.24) is 9.80 Å². The van der Waals surface area contributed by atoms with Gasteiger partial charge in [0.25, 0.3) is 5.91 Å². The lowest BCUT2D eigenvalue weighted by Gasteiger charge is -2.31. The summed E-state index contributed by atoms with van der Waals surface area (Å²) in [5.74, 6) is 0.546. The molecule has 0 aromatic heterocycles. The van der Waals surface area contributed by atoms with E-state index in [1.807, 2.05) is 6.92 Å². The van der Waals surface area contributed by atoms with Crippen LogP contribution < -0.4 is 0 Å². The van der Waals surface area contributed by atoms with E-state index in [1.165, 1.54) is 16.8 Å². The lowest BCUT2D eigenvalue weighted by molar-refractivity contribution is -0.133. The summed E-state index contributed by atoms with van der Waals surface area (Å²) in [5.41, 5.74) is -0.755. The molecule has 2 saturated carbocycles. The number of nitrogens with zero attached hydrogens (tertiary/aromatic N) is 2. The Morgan fingerprint density at radius 1 is 1.38 bits per heavy atom. The number of carbonyl (C=O) groups excluding carboxylic acids is 2. The Balaban J connectivity index is 2.06. The maximum atomic E-state index is 12.2. The monoisotopic (exact) mass is 224 g/mol. The number of imide groups is 1. The number of rotatable bonds is 0. The zero-order valence-corrected chi connectivity index (χ0v) is 9.67. The molecule has 1 aliphatic heterocycles. The van der Waals surface area contributed by atoms with Crippen LogP contribution in [0.3, 0.4) is 0 Å². The molecule has 1 saturated heterocycles. The number of aliphatic hydroxyl groups excluding tert-OH is 1. The molecule has 5 nitrogen and oxygen atoms in total. The largest absolute Gasteiger partial charge is 0.393 e. The Labute approximate surface area is 94.0 Å². The highest BCUT2D eigenvalue weighted by Crippen LogP contribution is 2.65. The van der Waals surface area contributed by atoms with Gasteiger partial charge in [0.05, 0.1) is 6.10 Å². The van der Waals surface area contributed by atoms with Gasteiger partial charge in [-0.3, -0.25) is 9.69 Å². The first kappa shape index (κ1) is 10.1. The number of hydrogen-bond acceptors (Lipinski definition) is 3. The average molecular weight is 224 g/mol. The second kappa shape index (κ2) is 2.59. The van der Waals surface area contributed by atoms with E-state index in [2.05, 4.69) is 0 Å². The van der Waals surface area contributed by atoms with Crippen LogP contribution in [0.4, 0.5) is 4.79 Å². The molecule has 4 unspecified atom stereocenters. The summed E-state index contributed by atoms with van der Waals surface area (Å²) < 4.78 is 0. The number of amides is 3. The van der Waals surface area contributed by atoms with E-state index in [4.69, 9.17) is 0 Å². The molecule has 1 N–H and O–H groups in total. The Morgan fingerprint density at radius 3 is 2.38 bits per heavy atom. The molecule has 3 rings (SSSR count). The summed E-state index contributed by atoms with van der Waals surface area (Å²) in [6.45, 7) is 2.05. The molecule has 1 spiro atoms. The molecule has 2 aliphatic carbocycles. The van der Waals surface area contributed by atoms with Crippen LogP contribution >= 0.6 is 0 Å². The van der Waals surface area contributed by atoms with Gasteiger partial charge >= 0.3 is 6.03 Å². The van der Waals surface area contributed by atoms with Gasteiger partial charge in [-0.1, -0.05) is 6.92 Å². The Morgan fingerprint density at radius 2 is 2.00 bits per heavy atom. The second-order valence-corrected chi connectivity index (χ2v) is 5.36. The lowest BCUT2D eigenvalue weighted by atomic mass is 9.89. The minimum Gasteiger partial charge on any atom is -0.393 e. The third-order valence-electron chi connectivity index (χ3n) is 4.81. The predicted molar refractivity (Wildman–Crippen MR) is 55.4 cm³/mol. The van der Waals surface area contributed by atoms with Gasteiger partial charge in [0.1, 0.15) is 5.54 Å². The van der Waals surface area contributed by atoms with Gasteiger partial charge < -0.3 is 10.0 Å². The van der Waals surface area contributed by atoms with Crippen molar-refractivity contribution in [2.75, 3.05) is 14.1 Å². The normalized spacial score (nSPS) is 50.5. The molecule has 3 aliphatic rings. The fourth-order valence-corrected chi connectivity index (χ4v) is 3.93. The topological polar surface area (TPSA) is 60.9 Å². The first-order valence-corrected chi connectivity index (χ1v) is 5.67. The minimum atomic E-state index is -0.755. The van der Waals surface area contributed by atoms with E-state index in [1.54, 1.807) is 7.05 Å². The number of aliphatic hydroxyl groups is 1. The average Bonchev–Trinajstić information content (AvgIpc) is 2.77. The highest BCUT2D eigenvalue weighted by atomic mass is 16.3. The van der Waals surface area contributed by atoms with E-state index < -0.39 is 11.6 Å². The van der Waals surface area contributed by atoms with Crippen LogP contribution in [-0.4, -0.2) is 52.6 Å². The smallest absolute Gasteiger partial charge is 0.327 e. The molecule has 1 heterocycles. The number of fused-ring (bicyclic) bond motifs is 2. The SMILES string of the molecule is C[C@H]1C2C(O)CC3(C(=O)N(C)C(=O)N3C)C21. The molecular weight excluding hydrogens is 208 g/mol. The highest BCUT2D eigenvalue weighted by Gasteiger charge is 2.75. The maximum Gasteiger partial charge on any atom is 0.327 e. The van der Waals surface area contributed by atoms with Crippen LogP contribution in [0.15, 0.2) is 0 Å². The molecular formula is C11H16N2O3. The zero-order valence-electron chi connectivity index (χ0n) is 9.67. The van der Waals surface area contributed by atoms with E-state index in [-0.39, 0.29) is 23.8 Å². The zero-order chi connectivity index (χ0) is 11.8. The quantitative estimate of drug-likeness (QED) is 0.584. The van der Waals surface area contributed by atoms with Crippen LogP contribution in [0.5, 0.6) is 0 Å². The van der Waals surface area contributed by atoms with Crippen molar-refractivity contribution in [2.45, 2.75) is 25.0 Å². The fourth-order valence-electron chi connectivity index (χ4n) is 3.93. The second-order valence-electron chi connectivity index (χ2n) is 5.36. The van der Waals surface area contributed by atoms with Crippen molar-refractivity contribution in [3.05, 3.63) is 0 Å². The van der Waals surface area contributed by atoms with E-state index >= 15 is 0 Å². The highest BCUT2D eigenvalue weighted by molar-refractivity contribution is 6.07. The molecule has 3 fully saturated rings. The third-order valence-corrected chi connectivity index (χ3v) is 4.81. The van der Waals surface area contributed by atoms with Crippen molar-refractivity contribution < 1.29 is 14.7 Å². The Kier molecular flexibility index (Phi) is 1.63. The van der Waals surface area contributed by atoms with Crippen LogP contribution in [0.1, 0.15) is 13.3 Å². The Bertz CT molecular complexity index is 397.